The number of halogens is 3. The van der Waals surface area contributed by atoms with Crippen molar-refractivity contribution in [1.82, 2.24) is 14.8 Å². The van der Waals surface area contributed by atoms with E-state index >= 15 is 0 Å². The second-order valence-corrected chi connectivity index (χ2v) is 6.83. The molecule has 2 aromatic rings. The fourth-order valence-electron chi connectivity index (χ4n) is 3.62. The number of allylic oxidation sites excluding steroid dienone is 2. The normalized spacial score (nSPS) is 22.2. The number of hydrogen-bond donors (Lipinski definition) is 1. The van der Waals surface area contributed by atoms with Gasteiger partial charge in [0, 0.05) is 17.7 Å². The lowest BCUT2D eigenvalue weighted by atomic mass is 9.81. The molecule has 1 aromatic carbocycles. The highest BCUT2D eigenvalue weighted by Gasteiger charge is 2.42. The van der Waals surface area contributed by atoms with Crippen LogP contribution in [0.5, 0.6) is 5.75 Å². The third kappa shape index (κ3) is 2.96. The molecule has 0 saturated heterocycles. The molecule has 2 heterocycles. The standard InChI is InChI=1S/C18H17F3N4O2/c1-9-7-12-14(13(26)8-9)15(10-3-5-11(27-2)6-4-10)25-17(22-12)23-16(24-25)18(19,20)21/h3-6,9,15H,7-8H2,1-2H3,(H,22,23,24)/t9-,15+/m1/s1. The van der Waals surface area contributed by atoms with Crippen LogP contribution < -0.4 is 10.1 Å². The molecule has 1 aromatic heterocycles. The summed E-state index contributed by atoms with van der Waals surface area (Å²) in [6.07, 6.45) is -3.75. The summed E-state index contributed by atoms with van der Waals surface area (Å²) < 4.78 is 45.7. The molecule has 1 N–H and O–H groups in total. The van der Waals surface area contributed by atoms with Gasteiger partial charge in [-0.15, -0.1) is 5.10 Å². The van der Waals surface area contributed by atoms with Crippen molar-refractivity contribution in [3.05, 3.63) is 46.9 Å². The van der Waals surface area contributed by atoms with Crippen molar-refractivity contribution >= 4 is 11.7 Å². The lowest BCUT2D eigenvalue weighted by molar-refractivity contribution is -0.145. The van der Waals surface area contributed by atoms with E-state index in [1.807, 2.05) is 6.92 Å². The number of fused-ring (bicyclic) bond motifs is 1. The number of Topliss-reactive ketones (excluding diaryl/α,β-unsaturated/α-hetero) is 1. The third-order valence-corrected chi connectivity index (χ3v) is 4.81. The summed E-state index contributed by atoms with van der Waals surface area (Å²) in [5.41, 5.74) is 1.71. The first kappa shape index (κ1) is 17.6. The van der Waals surface area contributed by atoms with Gasteiger partial charge in [0.2, 0.25) is 5.95 Å². The number of carbonyl (C=O) groups is 1. The van der Waals surface area contributed by atoms with Crippen LogP contribution in [0.4, 0.5) is 19.1 Å². The Hall–Kier alpha value is -2.84. The molecule has 0 unspecified atom stereocenters. The van der Waals surface area contributed by atoms with Crippen molar-refractivity contribution in [2.45, 2.75) is 32.0 Å². The highest BCUT2D eigenvalue weighted by atomic mass is 19.4. The molecule has 0 spiro atoms. The van der Waals surface area contributed by atoms with E-state index in [1.54, 1.807) is 24.3 Å². The molecule has 142 valence electrons. The van der Waals surface area contributed by atoms with Crippen LogP contribution >= 0.6 is 0 Å². The van der Waals surface area contributed by atoms with Gasteiger partial charge in [-0.2, -0.15) is 18.2 Å². The first-order valence-corrected chi connectivity index (χ1v) is 8.49. The Labute approximate surface area is 153 Å². The van der Waals surface area contributed by atoms with E-state index in [1.165, 1.54) is 7.11 Å². The summed E-state index contributed by atoms with van der Waals surface area (Å²) in [5, 5.41) is 6.57. The number of nitrogens with one attached hydrogen (secondary N) is 1. The topological polar surface area (TPSA) is 69.0 Å². The predicted molar refractivity (Wildman–Crippen MR) is 90.2 cm³/mol. The second kappa shape index (κ2) is 6.11. The van der Waals surface area contributed by atoms with E-state index in [0.717, 1.165) is 4.68 Å². The zero-order chi connectivity index (χ0) is 19.3. The van der Waals surface area contributed by atoms with Crippen LogP contribution in [-0.4, -0.2) is 27.7 Å². The van der Waals surface area contributed by atoms with E-state index in [9.17, 15) is 18.0 Å². The number of hydrogen-bond acceptors (Lipinski definition) is 5. The number of anilines is 1. The minimum Gasteiger partial charge on any atom is -0.497 e. The number of ketones is 1. The first-order chi connectivity index (χ1) is 12.8. The van der Waals surface area contributed by atoms with Crippen molar-refractivity contribution in [3.8, 4) is 5.75 Å². The molecule has 4 rings (SSSR count). The molecule has 0 fully saturated rings. The average Bonchev–Trinajstić information content (AvgIpc) is 3.04. The fraction of sp³-hybridized carbons (Fsp3) is 0.389. The SMILES string of the molecule is COc1ccc([C@H]2C3=C(C[C@@H](C)CC3=O)Nc3nc(C(F)(F)F)nn32)cc1. The van der Waals surface area contributed by atoms with Crippen molar-refractivity contribution < 1.29 is 22.7 Å². The molecule has 2 atom stereocenters. The Bertz CT molecular complexity index is 931. The maximum absolute atomic E-state index is 13.1. The van der Waals surface area contributed by atoms with E-state index in [2.05, 4.69) is 15.4 Å². The number of alkyl halides is 3. The van der Waals surface area contributed by atoms with Crippen LogP contribution in [-0.2, 0) is 11.0 Å². The van der Waals surface area contributed by atoms with Crippen LogP contribution in [0.15, 0.2) is 35.5 Å². The molecule has 2 aliphatic rings. The van der Waals surface area contributed by atoms with Gasteiger partial charge >= 0.3 is 6.18 Å². The number of nitrogens with zero attached hydrogens (tertiary/aromatic N) is 3. The number of benzene rings is 1. The largest absolute Gasteiger partial charge is 0.497 e. The molecule has 9 heteroatoms. The van der Waals surface area contributed by atoms with Gasteiger partial charge in [0.25, 0.3) is 5.82 Å². The summed E-state index contributed by atoms with van der Waals surface area (Å²) in [4.78, 5) is 16.4. The molecule has 0 amide bonds. The highest BCUT2D eigenvalue weighted by Crippen LogP contribution is 2.42. The number of carbonyl (C=O) groups excluding carboxylic acids is 1. The number of aromatic nitrogens is 3. The van der Waals surface area contributed by atoms with Gasteiger partial charge < -0.3 is 10.1 Å². The van der Waals surface area contributed by atoms with Gasteiger partial charge in [-0.05, 0) is 30.0 Å². The molecular weight excluding hydrogens is 361 g/mol. The third-order valence-electron chi connectivity index (χ3n) is 4.81. The van der Waals surface area contributed by atoms with Gasteiger partial charge in [-0.3, -0.25) is 4.79 Å². The van der Waals surface area contributed by atoms with Crippen LogP contribution in [0.2, 0.25) is 0 Å². The van der Waals surface area contributed by atoms with Gasteiger partial charge in [-0.1, -0.05) is 19.1 Å². The van der Waals surface area contributed by atoms with Crippen LogP contribution in [0.3, 0.4) is 0 Å². The summed E-state index contributed by atoms with van der Waals surface area (Å²) in [7, 11) is 1.53. The van der Waals surface area contributed by atoms with Gasteiger partial charge in [0.05, 0.1) is 7.11 Å². The van der Waals surface area contributed by atoms with E-state index in [0.29, 0.717) is 35.4 Å². The molecular formula is C18H17F3N4O2. The summed E-state index contributed by atoms with van der Waals surface area (Å²) >= 11 is 0. The van der Waals surface area contributed by atoms with Gasteiger partial charge in [0.15, 0.2) is 5.78 Å². The number of methoxy groups -OCH3 is 1. The highest BCUT2D eigenvalue weighted by molar-refractivity contribution is 5.99. The van der Waals surface area contributed by atoms with Crippen molar-refractivity contribution in [3.63, 3.8) is 0 Å². The molecule has 6 nitrogen and oxygen atoms in total. The second-order valence-electron chi connectivity index (χ2n) is 6.83. The summed E-state index contributed by atoms with van der Waals surface area (Å²) in [6.45, 7) is 1.94. The minimum absolute atomic E-state index is 0.0104. The summed E-state index contributed by atoms with van der Waals surface area (Å²) in [6, 6.07) is 6.10. The average molecular weight is 378 g/mol. The number of rotatable bonds is 2. The van der Waals surface area contributed by atoms with Crippen molar-refractivity contribution in [1.29, 1.82) is 0 Å². The van der Waals surface area contributed by atoms with Crippen LogP contribution in [0.25, 0.3) is 0 Å². The Balaban J connectivity index is 1.88. The van der Waals surface area contributed by atoms with Gasteiger partial charge in [-0.25, -0.2) is 4.68 Å². The molecule has 1 aliphatic carbocycles. The van der Waals surface area contributed by atoms with E-state index < -0.39 is 18.0 Å². The quantitative estimate of drug-likeness (QED) is 0.865. The van der Waals surface area contributed by atoms with Crippen molar-refractivity contribution in [2.24, 2.45) is 5.92 Å². The summed E-state index contributed by atoms with van der Waals surface area (Å²) in [5.74, 6) is -0.614. The molecule has 1 aliphatic heterocycles. The Kier molecular flexibility index (Phi) is 3.97. The Morgan fingerprint density at radius 2 is 1.93 bits per heavy atom. The monoisotopic (exact) mass is 378 g/mol. The zero-order valence-corrected chi connectivity index (χ0v) is 14.7. The molecule has 27 heavy (non-hydrogen) atoms. The lowest BCUT2D eigenvalue weighted by Crippen LogP contribution is -2.33. The van der Waals surface area contributed by atoms with Crippen molar-refractivity contribution in [2.75, 3.05) is 12.4 Å². The molecule has 0 saturated carbocycles. The van der Waals surface area contributed by atoms with Gasteiger partial charge in [0.1, 0.15) is 11.8 Å². The first-order valence-electron chi connectivity index (χ1n) is 8.49. The zero-order valence-electron chi connectivity index (χ0n) is 14.7. The van der Waals surface area contributed by atoms with Crippen LogP contribution in [0.1, 0.15) is 37.2 Å². The number of ether oxygens (including phenoxy) is 1. The minimum atomic E-state index is -4.67. The molecule has 0 bridgehead atoms. The van der Waals surface area contributed by atoms with E-state index in [4.69, 9.17) is 4.74 Å². The molecule has 0 radical (unpaired) electrons. The Morgan fingerprint density at radius 1 is 1.22 bits per heavy atom. The van der Waals surface area contributed by atoms with Crippen LogP contribution in [0, 0.1) is 5.92 Å². The maximum Gasteiger partial charge on any atom is 0.453 e. The Morgan fingerprint density at radius 3 is 2.56 bits per heavy atom. The lowest BCUT2D eigenvalue weighted by Gasteiger charge is -2.34. The smallest absolute Gasteiger partial charge is 0.453 e. The predicted octanol–water partition coefficient (Wildman–Crippen LogP) is 3.57. The fourth-order valence-corrected chi connectivity index (χ4v) is 3.62. The maximum atomic E-state index is 13.1. The van der Waals surface area contributed by atoms with E-state index in [-0.39, 0.29) is 17.6 Å².